The molecule has 0 bridgehead atoms. The fourth-order valence-electron chi connectivity index (χ4n) is 1.87. The van der Waals surface area contributed by atoms with Gasteiger partial charge in [-0.1, -0.05) is 42.0 Å². The van der Waals surface area contributed by atoms with E-state index in [0.717, 1.165) is 17.0 Å². The Kier molecular flexibility index (Phi) is 4.82. The number of hydrogen-bond acceptors (Lipinski definition) is 3. The van der Waals surface area contributed by atoms with Gasteiger partial charge in [-0.2, -0.15) is 0 Å². The van der Waals surface area contributed by atoms with Crippen molar-refractivity contribution in [2.45, 2.75) is 6.54 Å². The first-order valence-corrected chi connectivity index (χ1v) is 6.85. The van der Waals surface area contributed by atoms with Crippen molar-refractivity contribution >= 4 is 34.5 Å². The van der Waals surface area contributed by atoms with Gasteiger partial charge >= 0.3 is 0 Å². The number of rotatable bonds is 5. The largest absolute Gasteiger partial charge is 0.496 e. The molecule has 0 aliphatic rings. The molecule has 0 aliphatic heterocycles. The predicted octanol–water partition coefficient (Wildman–Crippen LogP) is 3.59. The quantitative estimate of drug-likeness (QED) is 0.829. The lowest BCUT2D eigenvalue weighted by Crippen LogP contribution is -2.10. The molecule has 2 rings (SSSR count). The molecule has 0 unspecified atom stereocenters. The molecule has 0 fully saturated rings. The Morgan fingerprint density at radius 1 is 1.30 bits per heavy atom. The number of benzene rings is 2. The summed E-state index contributed by atoms with van der Waals surface area (Å²) < 4.78 is 5.31. The summed E-state index contributed by atoms with van der Waals surface area (Å²) in [7, 11) is 1.66. The third-order valence-corrected chi connectivity index (χ3v) is 3.44. The van der Waals surface area contributed by atoms with E-state index in [0.29, 0.717) is 22.1 Å². The van der Waals surface area contributed by atoms with Gasteiger partial charge in [-0.25, -0.2) is 0 Å². The second kappa shape index (κ2) is 6.59. The van der Waals surface area contributed by atoms with Crippen molar-refractivity contribution in [3.63, 3.8) is 0 Å². The fraction of sp³-hybridized carbons (Fsp3) is 0.133. The van der Waals surface area contributed by atoms with Crippen molar-refractivity contribution in [3.8, 4) is 5.75 Å². The normalized spacial score (nSPS) is 10.1. The summed E-state index contributed by atoms with van der Waals surface area (Å²) in [6.45, 7) is 0.646. The topological polar surface area (TPSA) is 47.3 Å². The Balaban J connectivity index is 2.11. The molecular formula is C15H15ClN2OS. The van der Waals surface area contributed by atoms with Gasteiger partial charge in [0.15, 0.2) is 0 Å². The van der Waals surface area contributed by atoms with E-state index in [2.05, 4.69) is 5.32 Å². The number of ether oxygens (including phenoxy) is 1. The van der Waals surface area contributed by atoms with Crippen LogP contribution in [0.4, 0.5) is 5.69 Å². The Hall–Kier alpha value is -1.78. The molecule has 0 amide bonds. The van der Waals surface area contributed by atoms with Crippen LogP contribution in [-0.2, 0) is 6.54 Å². The van der Waals surface area contributed by atoms with E-state index in [1.807, 2.05) is 42.5 Å². The van der Waals surface area contributed by atoms with Crippen LogP contribution in [0.3, 0.4) is 0 Å². The monoisotopic (exact) mass is 306 g/mol. The van der Waals surface area contributed by atoms with Crippen molar-refractivity contribution in [3.05, 3.63) is 58.6 Å². The SMILES string of the molecule is COc1ccccc1CNc1ccc(C(N)=S)c(Cl)c1. The van der Waals surface area contributed by atoms with Crippen LogP contribution in [0.5, 0.6) is 5.75 Å². The first-order chi connectivity index (χ1) is 9.61. The fourth-order valence-corrected chi connectivity index (χ4v) is 2.39. The van der Waals surface area contributed by atoms with Crippen molar-refractivity contribution in [2.24, 2.45) is 5.73 Å². The van der Waals surface area contributed by atoms with Gasteiger partial charge in [0, 0.05) is 23.4 Å². The lowest BCUT2D eigenvalue weighted by atomic mass is 10.1. The van der Waals surface area contributed by atoms with Crippen LogP contribution >= 0.6 is 23.8 Å². The summed E-state index contributed by atoms with van der Waals surface area (Å²) in [5.41, 5.74) is 8.24. The molecule has 0 aliphatic carbocycles. The van der Waals surface area contributed by atoms with Gasteiger partial charge < -0.3 is 15.8 Å². The molecule has 104 valence electrons. The van der Waals surface area contributed by atoms with Crippen LogP contribution in [0, 0.1) is 0 Å². The van der Waals surface area contributed by atoms with Crippen LogP contribution in [0.15, 0.2) is 42.5 Å². The van der Waals surface area contributed by atoms with E-state index in [9.17, 15) is 0 Å². The number of nitrogens with two attached hydrogens (primary N) is 1. The summed E-state index contributed by atoms with van der Waals surface area (Å²) in [5.74, 6) is 0.853. The van der Waals surface area contributed by atoms with E-state index in [4.69, 9.17) is 34.3 Å². The lowest BCUT2D eigenvalue weighted by molar-refractivity contribution is 0.410. The molecule has 0 radical (unpaired) electrons. The second-order valence-electron chi connectivity index (χ2n) is 4.22. The molecule has 3 N–H and O–H groups in total. The highest BCUT2D eigenvalue weighted by Crippen LogP contribution is 2.23. The van der Waals surface area contributed by atoms with E-state index in [1.165, 1.54) is 0 Å². The van der Waals surface area contributed by atoms with Gasteiger partial charge in [-0.3, -0.25) is 0 Å². The van der Waals surface area contributed by atoms with Gasteiger partial charge in [0.2, 0.25) is 0 Å². The molecule has 2 aromatic carbocycles. The molecular weight excluding hydrogens is 292 g/mol. The van der Waals surface area contributed by atoms with Gasteiger partial charge in [0.25, 0.3) is 0 Å². The predicted molar refractivity (Wildman–Crippen MR) is 87.7 cm³/mol. The van der Waals surface area contributed by atoms with E-state index in [-0.39, 0.29) is 0 Å². The Morgan fingerprint density at radius 3 is 2.70 bits per heavy atom. The lowest BCUT2D eigenvalue weighted by Gasteiger charge is -2.11. The number of anilines is 1. The van der Waals surface area contributed by atoms with Gasteiger partial charge in [0.05, 0.1) is 12.1 Å². The third-order valence-electron chi connectivity index (χ3n) is 2.91. The molecule has 0 spiro atoms. The average molecular weight is 307 g/mol. The van der Waals surface area contributed by atoms with Gasteiger partial charge in [0.1, 0.15) is 10.7 Å². The molecule has 20 heavy (non-hydrogen) atoms. The molecule has 0 atom stereocenters. The first-order valence-electron chi connectivity index (χ1n) is 6.07. The van der Waals surface area contributed by atoms with Crippen LogP contribution < -0.4 is 15.8 Å². The number of methoxy groups -OCH3 is 1. The zero-order chi connectivity index (χ0) is 14.5. The summed E-state index contributed by atoms with van der Waals surface area (Å²) >= 11 is 11.1. The van der Waals surface area contributed by atoms with Crippen LogP contribution in [0.2, 0.25) is 5.02 Å². The third kappa shape index (κ3) is 3.40. The van der Waals surface area contributed by atoms with Crippen LogP contribution in [0.1, 0.15) is 11.1 Å². The molecule has 0 heterocycles. The molecule has 2 aromatic rings. The minimum Gasteiger partial charge on any atom is -0.496 e. The van der Waals surface area contributed by atoms with Crippen molar-refractivity contribution in [2.75, 3.05) is 12.4 Å². The summed E-state index contributed by atoms with van der Waals surface area (Å²) in [6, 6.07) is 13.4. The Morgan fingerprint density at radius 2 is 2.05 bits per heavy atom. The standard InChI is InChI=1S/C15H15ClN2OS/c1-19-14-5-3-2-4-10(14)9-18-11-6-7-12(15(17)20)13(16)8-11/h2-8,18H,9H2,1H3,(H2,17,20). The van der Waals surface area contributed by atoms with Crippen molar-refractivity contribution in [1.29, 1.82) is 0 Å². The number of halogens is 1. The maximum absolute atomic E-state index is 6.13. The Bertz CT molecular complexity index is 631. The van der Waals surface area contributed by atoms with E-state index < -0.39 is 0 Å². The highest BCUT2D eigenvalue weighted by atomic mass is 35.5. The average Bonchev–Trinajstić information content (AvgIpc) is 2.45. The Labute approximate surface area is 128 Å². The van der Waals surface area contributed by atoms with Gasteiger partial charge in [-0.15, -0.1) is 0 Å². The molecule has 0 saturated heterocycles. The van der Waals surface area contributed by atoms with Crippen molar-refractivity contribution in [1.82, 2.24) is 0 Å². The minimum atomic E-state index is 0.297. The highest BCUT2D eigenvalue weighted by molar-refractivity contribution is 7.80. The van der Waals surface area contributed by atoms with Crippen molar-refractivity contribution < 1.29 is 4.74 Å². The summed E-state index contributed by atoms with van der Waals surface area (Å²) in [6.07, 6.45) is 0. The first kappa shape index (κ1) is 14.6. The molecule has 3 nitrogen and oxygen atoms in total. The maximum atomic E-state index is 6.13. The van der Waals surface area contributed by atoms with E-state index in [1.54, 1.807) is 7.11 Å². The van der Waals surface area contributed by atoms with E-state index >= 15 is 0 Å². The molecule has 0 saturated carbocycles. The minimum absolute atomic E-state index is 0.297. The maximum Gasteiger partial charge on any atom is 0.123 e. The summed E-state index contributed by atoms with van der Waals surface area (Å²) in [5, 5.41) is 3.84. The smallest absolute Gasteiger partial charge is 0.123 e. The zero-order valence-corrected chi connectivity index (χ0v) is 12.6. The number of thiocarbonyl (C=S) groups is 1. The van der Waals surface area contributed by atoms with Crippen LogP contribution in [0.25, 0.3) is 0 Å². The second-order valence-corrected chi connectivity index (χ2v) is 5.07. The zero-order valence-electron chi connectivity index (χ0n) is 11.0. The molecule has 0 aromatic heterocycles. The van der Waals surface area contributed by atoms with Gasteiger partial charge in [-0.05, 0) is 24.3 Å². The molecule has 5 heteroatoms. The highest BCUT2D eigenvalue weighted by Gasteiger charge is 2.05. The summed E-state index contributed by atoms with van der Waals surface area (Å²) in [4.78, 5) is 0.297. The number of hydrogen-bond donors (Lipinski definition) is 2. The number of nitrogens with one attached hydrogen (secondary N) is 1. The van der Waals surface area contributed by atoms with Crippen LogP contribution in [-0.4, -0.2) is 12.1 Å². The number of para-hydroxylation sites is 1.